The third-order valence-electron chi connectivity index (χ3n) is 1.39. The number of carbonyl (C=O) groups excluding carboxylic acids is 1. The van der Waals surface area contributed by atoms with Crippen LogP contribution in [0.5, 0.6) is 0 Å². The van der Waals surface area contributed by atoms with Gasteiger partial charge in [0.25, 0.3) is 0 Å². The standard InChI is InChI=1S/C9H15NO/c1-4-6-8(3)9(11)10-7-5-2/h4-5,8H,1-2,6-7H2,3H3,(H,10,11). The Hall–Kier alpha value is -1.05. The lowest BCUT2D eigenvalue weighted by Gasteiger charge is -2.07. The lowest BCUT2D eigenvalue weighted by Crippen LogP contribution is -2.28. The van der Waals surface area contributed by atoms with Crippen molar-refractivity contribution in [2.75, 3.05) is 6.54 Å². The summed E-state index contributed by atoms with van der Waals surface area (Å²) in [5.74, 6) is 0.0808. The molecule has 2 heteroatoms. The molecule has 0 saturated heterocycles. The van der Waals surface area contributed by atoms with Gasteiger partial charge in [0.05, 0.1) is 0 Å². The molecule has 0 aromatic rings. The predicted octanol–water partition coefficient (Wildman–Crippen LogP) is 1.50. The third-order valence-corrected chi connectivity index (χ3v) is 1.39. The van der Waals surface area contributed by atoms with Gasteiger partial charge in [-0.15, -0.1) is 13.2 Å². The zero-order valence-electron chi connectivity index (χ0n) is 6.97. The van der Waals surface area contributed by atoms with E-state index < -0.39 is 0 Å². The molecule has 1 amide bonds. The van der Waals surface area contributed by atoms with Gasteiger partial charge in [0.2, 0.25) is 5.91 Å². The molecule has 0 heterocycles. The predicted molar refractivity (Wildman–Crippen MR) is 47.2 cm³/mol. The zero-order chi connectivity index (χ0) is 8.69. The normalized spacial score (nSPS) is 11.7. The van der Waals surface area contributed by atoms with Crippen molar-refractivity contribution in [1.82, 2.24) is 5.32 Å². The molecule has 11 heavy (non-hydrogen) atoms. The lowest BCUT2D eigenvalue weighted by atomic mass is 10.1. The summed E-state index contributed by atoms with van der Waals surface area (Å²) in [5.41, 5.74) is 0. The molecule has 0 bridgehead atoms. The van der Waals surface area contributed by atoms with Crippen LogP contribution >= 0.6 is 0 Å². The quantitative estimate of drug-likeness (QED) is 0.596. The molecule has 0 fully saturated rings. The van der Waals surface area contributed by atoms with Gasteiger partial charge in [0, 0.05) is 12.5 Å². The lowest BCUT2D eigenvalue weighted by molar-refractivity contribution is -0.124. The number of hydrogen-bond acceptors (Lipinski definition) is 1. The maximum Gasteiger partial charge on any atom is 0.223 e. The second-order valence-corrected chi connectivity index (χ2v) is 2.46. The first-order valence-electron chi connectivity index (χ1n) is 3.71. The van der Waals surface area contributed by atoms with Gasteiger partial charge < -0.3 is 5.32 Å². The maximum absolute atomic E-state index is 11.1. The minimum atomic E-state index is 0.0208. The highest BCUT2D eigenvalue weighted by Gasteiger charge is 2.08. The Morgan fingerprint density at radius 2 is 2.18 bits per heavy atom. The van der Waals surface area contributed by atoms with Crippen LogP contribution in [0.2, 0.25) is 0 Å². The summed E-state index contributed by atoms with van der Waals surface area (Å²) in [4.78, 5) is 11.1. The van der Waals surface area contributed by atoms with Crippen molar-refractivity contribution >= 4 is 5.91 Å². The number of allylic oxidation sites excluding steroid dienone is 1. The first-order chi connectivity index (χ1) is 5.22. The molecular formula is C9H15NO. The highest BCUT2D eigenvalue weighted by molar-refractivity contribution is 5.78. The molecule has 0 aliphatic heterocycles. The molecular weight excluding hydrogens is 138 g/mol. The number of hydrogen-bond donors (Lipinski definition) is 1. The van der Waals surface area contributed by atoms with Gasteiger partial charge in [0.15, 0.2) is 0 Å². The Morgan fingerprint density at radius 1 is 1.55 bits per heavy atom. The molecule has 0 aromatic heterocycles. The molecule has 0 rings (SSSR count). The number of carbonyl (C=O) groups is 1. The molecule has 0 spiro atoms. The van der Waals surface area contributed by atoms with Crippen LogP contribution in [0.1, 0.15) is 13.3 Å². The highest BCUT2D eigenvalue weighted by atomic mass is 16.1. The van der Waals surface area contributed by atoms with Crippen LogP contribution in [-0.2, 0) is 4.79 Å². The molecule has 1 unspecified atom stereocenters. The highest BCUT2D eigenvalue weighted by Crippen LogP contribution is 2.00. The summed E-state index contributed by atoms with van der Waals surface area (Å²) in [5, 5.41) is 2.71. The molecule has 0 radical (unpaired) electrons. The van der Waals surface area contributed by atoms with E-state index >= 15 is 0 Å². The van der Waals surface area contributed by atoms with Gasteiger partial charge in [-0.1, -0.05) is 19.1 Å². The van der Waals surface area contributed by atoms with Crippen molar-refractivity contribution in [3.05, 3.63) is 25.3 Å². The number of amides is 1. The molecule has 1 atom stereocenters. The van der Waals surface area contributed by atoms with Crippen LogP contribution in [0.4, 0.5) is 0 Å². The van der Waals surface area contributed by atoms with E-state index in [9.17, 15) is 4.79 Å². The summed E-state index contributed by atoms with van der Waals surface area (Å²) in [6, 6.07) is 0. The summed E-state index contributed by atoms with van der Waals surface area (Å²) in [6.45, 7) is 9.48. The second kappa shape index (κ2) is 5.71. The molecule has 0 aliphatic carbocycles. The third kappa shape index (κ3) is 4.37. The maximum atomic E-state index is 11.1. The molecule has 0 aliphatic rings. The van der Waals surface area contributed by atoms with E-state index in [4.69, 9.17) is 0 Å². The number of rotatable bonds is 5. The van der Waals surface area contributed by atoms with Crippen LogP contribution in [0, 0.1) is 5.92 Å². The van der Waals surface area contributed by atoms with Crippen molar-refractivity contribution in [2.45, 2.75) is 13.3 Å². The summed E-state index contributed by atoms with van der Waals surface area (Å²) in [6.07, 6.45) is 4.14. The van der Waals surface area contributed by atoms with Gasteiger partial charge in [-0.25, -0.2) is 0 Å². The molecule has 0 saturated carbocycles. The summed E-state index contributed by atoms with van der Waals surface area (Å²) >= 11 is 0. The van der Waals surface area contributed by atoms with E-state index in [-0.39, 0.29) is 11.8 Å². The van der Waals surface area contributed by atoms with E-state index in [0.29, 0.717) is 6.54 Å². The fourth-order valence-electron chi connectivity index (χ4n) is 0.704. The minimum absolute atomic E-state index is 0.0208. The van der Waals surface area contributed by atoms with E-state index in [1.54, 1.807) is 12.2 Å². The molecule has 1 N–H and O–H groups in total. The minimum Gasteiger partial charge on any atom is -0.352 e. The van der Waals surface area contributed by atoms with Crippen LogP contribution in [0.25, 0.3) is 0 Å². The van der Waals surface area contributed by atoms with Gasteiger partial charge in [0.1, 0.15) is 0 Å². The Kier molecular flexibility index (Phi) is 5.17. The Balaban J connectivity index is 3.62. The molecule has 62 valence electrons. The monoisotopic (exact) mass is 153 g/mol. The van der Waals surface area contributed by atoms with Crippen molar-refractivity contribution in [1.29, 1.82) is 0 Å². The van der Waals surface area contributed by atoms with Gasteiger partial charge in [-0.2, -0.15) is 0 Å². The summed E-state index contributed by atoms with van der Waals surface area (Å²) < 4.78 is 0. The number of nitrogens with one attached hydrogen (secondary N) is 1. The van der Waals surface area contributed by atoms with E-state index in [0.717, 1.165) is 6.42 Å². The summed E-state index contributed by atoms with van der Waals surface area (Å²) in [7, 11) is 0. The van der Waals surface area contributed by atoms with E-state index in [1.807, 2.05) is 6.92 Å². The van der Waals surface area contributed by atoms with Gasteiger partial charge >= 0.3 is 0 Å². The van der Waals surface area contributed by atoms with Crippen molar-refractivity contribution < 1.29 is 4.79 Å². The first kappa shape index (κ1) is 9.95. The van der Waals surface area contributed by atoms with Crippen LogP contribution < -0.4 is 5.32 Å². The van der Waals surface area contributed by atoms with E-state index in [1.165, 1.54) is 0 Å². The first-order valence-corrected chi connectivity index (χ1v) is 3.71. The van der Waals surface area contributed by atoms with Crippen LogP contribution in [0.3, 0.4) is 0 Å². The van der Waals surface area contributed by atoms with Crippen LogP contribution in [-0.4, -0.2) is 12.5 Å². The average molecular weight is 153 g/mol. The van der Waals surface area contributed by atoms with Gasteiger partial charge in [-0.05, 0) is 6.42 Å². The Labute approximate surface area is 68.0 Å². The second-order valence-electron chi connectivity index (χ2n) is 2.46. The van der Waals surface area contributed by atoms with Crippen molar-refractivity contribution in [3.8, 4) is 0 Å². The zero-order valence-corrected chi connectivity index (χ0v) is 6.97. The van der Waals surface area contributed by atoms with Gasteiger partial charge in [-0.3, -0.25) is 4.79 Å². The fraction of sp³-hybridized carbons (Fsp3) is 0.444. The van der Waals surface area contributed by atoms with Crippen molar-refractivity contribution in [3.63, 3.8) is 0 Å². The average Bonchev–Trinajstić information content (AvgIpc) is 2.00. The largest absolute Gasteiger partial charge is 0.352 e. The van der Waals surface area contributed by atoms with Crippen molar-refractivity contribution in [2.24, 2.45) is 5.92 Å². The fourth-order valence-corrected chi connectivity index (χ4v) is 0.704. The van der Waals surface area contributed by atoms with E-state index in [2.05, 4.69) is 18.5 Å². The smallest absolute Gasteiger partial charge is 0.223 e. The van der Waals surface area contributed by atoms with Crippen LogP contribution in [0.15, 0.2) is 25.3 Å². The Morgan fingerprint density at radius 3 is 2.64 bits per heavy atom. The Bertz CT molecular complexity index is 152. The topological polar surface area (TPSA) is 29.1 Å². The molecule has 2 nitrogen and oxygen atoms in total. The SMILES string of the molecule is C=CCNC(=O)C(C)CC=C. The molecule has 0 aromatic carbocycles.